The van der Waals surface area contributed by atoms with Gasteiger partial charge in [-0.05, 0) is 96.5 Å². The minimum Gasteiger partial charge on any atom is -0.434 e. The molecule has 2 aromatic carbocycles. The minimum atomic E-state index is -0.682. The van der Waals surface area contributed by atoms with Crippen molar-refractivity contribution in [3.63, 3.8) is 0 Å². The quantitative estimate of drug-likeness (QED) is 0.388. The van der Waals surface area contributed by atoms with Gasteiger partial charge in [0.05, 0.1) is 6.61 Å². The Kier molecular flexibility index (Phi) is 6.76. The maximum Gasteiger partial charge on any atom is 0.513 e. The highest BCUT2D eigenvalue weighted by molar-refractivity contribution is 5.81. The standard InChI is InChI=1S/C27H37O3/c1-12-29-25(28)30-22-14-13-16(2)17(3)23(22)20-15-21(26(6,7)8)24(27(9,10)11)19(5)18(20)4/h13-14H,12H2,1-11H3. The van der Waals surface area contributed by atoms with Crippen LogP contribution in [-0.2, 0) is 15.6 Å². The molecule has 0 atom stereocenters. The Morgan fingerprint density at radius 2 is 1.50 bits per heavy atom. The van der Waals surface area contributed by atoms with E-state index >= 15 is 0 Å². The van der Waals surface area contributed by atoms with Gasteiger partial charge in [0.2, 0.25) is 0 Å². The number of aryl methyl sites for hydroxylation is 1. The van der Waals surface area contributed by atoms with Crippen LogP contribution < -0.4 is 4.74 Å². The molecule has 3 nitrogen and oxygen atoms in total. The van der Waals surface area contributed by atoms with E-state index in [0.29, 0.717) is 5.75 Å². The highest BCUT2D eigenvalue weighted by atomic mass is 16.7. The van der Waals surface area contributed by atoms with Gasteiger partial charge in [-0.1, -0.05) is 47.6 Å². The summed E-state index contributed by atoms with van der Waals surface area (Å²) in [6, 6.07) is 7.60. The van der Waals surface area contributed by atoms with Crippen LogP contribution in [0, 0.1) is 33.8 Å². The number of hydrogen-bond acceptors (Lipinski definition) is 3. The van der Waals surface area contributed by atoms with Crippen LogP contribution in [0.25, 0.3) is 11.1 Å². The lowest BCUT2D eigenvalue weighted by Crippen LogP contribution is -2.24. The number of carbonyl (C=O) groups is 1. The van der Waals surface area contributed by atoms with Crippen molar-refractivity contribution >= 4 is 6.16 Å². The van der Waals surface area contributed by atoms with Crippen molar-refractivity contribution in [2.75, 3.05) is 6.61 Å². The summed E-state index contributed by atoms with van der Waals surface area (Å²) in [6.45, 7) is 24.0. The second-order valence-corrected chi connectivity index (χ2v) is 10.2. The molecule has 0 saturated heterocycles. The van der Waals surface area contributed by atoms with Gasteiger partial charge in [0, 0.05) is 5.56 Å². The lowest BCUT2D eigenvalue weighted by atomic mass is 9.71. The molecule has 1 radical (unpaired) electrons. The lowest BCUT2D eigenvalue weighted by molar-refractivity contribution is 0.104. The van der Waals surface area contributed by atoms with E-state index in [-0.39, 0.29) is 17.4 Å². The fraction of sp³-hybridized carbons (Fsp3) is 0.519. The van der Waals surface area contributed by atoms with Gasteiger partial charge < -0.3 is 9.47 Å². The molecule has 0 unspecified atom stereocenters. The summed E-state index contributed by atoms with van der Waals surface area (Å²) in [6.07, 6.45) is -0.682. The molecule has 0 N–H and O–H groups in total. The molecule has 0 heterocycles. The molecular weight excluding hydrogens is 372 g/mol. The van der Waals surface area contributed by atoms with E-state index in [4.69, 9.17) is 9.47 Å². The molecular formula is C27H37O3. The molecule has 0 bridgehead atoms. The second-order valence-electron chi connectivity index (χ2n) is 10.2. The predicted molar refractivity (Wildman–Crippen MR) is 125 cm³/mol. The molecule has 0 aliphatic carbocycles. The van der Waals surface area contributed by atoms with Crippen LogP contribution in [0.2, 0.25) is 0 Å². The van der Waals surface area contributed by atoms with Gasteiger partial charge in [0.1, 0.15) is 5.75 Å². The molecule has 2 rings (SSSR count). The van der Waals surface area contributed by atoms with Gasteiger partial charge in [-0.15, -0.1) is 0 Å². The van der Waals surface area contributed by atoms with E-state index < -0.39 is 6.16 Å². The summed E-state index contributed by atoms with van der Waals surface area (Å²) in [4.78, 5) is 12.1. The van der Waals surface area contributed by atoms with Crippen molar-refractivity contribution in [2.45, 2.75) is 87.0 Å². The molecule has 0 aliphatic heterocycles. The van der Waals surface area contributed by atoms with Gasteiger partial charge in [0.25, 0.3) is 0 Å². The van der Waals surface area contributed by atoms with Crippen LogP contribution in [0.15, 0.2) is 12.1 Å². The average molecular weight is 410 g/mol. The van der Waals surface area contributed by atoms with Gasteiger partial charge in [0.15, 0.2) is 0 Å². The Labute approximate surface area is 182 Å². The number of rotatable bonds is 3. The van der Waals surface area contributed by atoms with Crippen LogP contribution in [0.1, 0.15) is 81.8 Å². The molecule has 0 aliphatic rings. The van der Waals surface area contributed by atoms with Crippen LogP contribution >= 0.6 is 0 Å². The Balaban J connectivity index is 2.90. The molecule has 0 spiro atoms. The van der Waals surface area contributed by atoms with Gasteiger partial charge in [-0.25, -0.2) is 4.79 Å². The maximum absolute atomic E-state index is 12.1. The van der Waals surface area contributed by atoms with E-state index in [0.717, 1.165) is 27.8 Å². The highest BCUT2D eigenvalue weighted by Gasteiger charge is 2.30. The van der Waals surface area contributed by atoms with Crippen LogP contribution in [0.4, 0.5) is 4.79 Å². The van der Waals surface area contributed by atoms with E-state index in [2.05, 4.69) is 75.3 Å². The largest absolute Gasteiger partial charge is 0.513 e. The summed E-state index contributed by atoms with van der Waals surface area (Å²) >= 11 is 0. The van der Waals surface area contributed by atoms with Crippen LogP contribution in [0.3, 0.4) is 0 Å². The zero-order valence-electron chi connectivity index (χ0n) is 20.6. The molecule has 163 valence electrons. The van der Waals surface area contributed by atoms with Gasteiger partial charge in [-0.3, -0.25) is 0 Å². The van der Waals surface area contributed by atoms with Crippen molar-refractivity contribution in [1.29, 1.82) is 0 Å². The summed E-state index contributed by atoms with van der Waals surface area (Å²) in [5, 5.41) is 0. The number of ether oxygens (including phenoxy) is 2. The Hall–Kier alpha value is -2.29. The number of carbonyl (C=O) groups excluding carboxylic acids is 1. The first-order valence-electron chi connectivity index (χ1n) is 10.7. The number of benzene rings is 2. The van der Waals surface area contributed by atoms with E-state index in [1.54, 1.807) is 6.92 Å². The lowest BCUT2D eigenvalue weighted by Gasteiger charge is -2.34. The normalized spacial score (nSPS) is 12.1. The second kappa shape index (κ2) is 8.45. The zero-order valence-corrected chi connectivity index (χ0v) is 20.6. The first-order chi connectivity index (χ1) is 13.7. The summed E-state index contributed by atoms with van der Waals surface area (Å²) in [5.74, 6) is 0.513. The third-order valence-electron chi connectivity index (χ3n) is 5.72. The first kappa shape index (κ1) is 24.0. The van der Waals surface area contributed by atoms with E-state index in [1.807, 2.05) is 12.1 Å². The Morgan fingerprint density at radius 1 is 0.900 bits per heavy atom. The summed E-state index contributed by atoms with van der Waals surface area (Å²) in [7, 11) is 0. The third kappa shape index (κ3) is 4.71. The van der Waals surface area contributed by atoms with Gasteiger partial charge >= 0.3 is 6.16 Å². The minimum absolute atomic E-state index is 0.00159. The van der Waals surface area contributed by atoms with E-state index in [1.165, 1.54) is 16.7 Å². The molecule has 0 aromatic heterocycles. The predicted octanol–water partition coefficient (Wildman–Crippen LogP) is 7.52. The molecule has 30 heavy (non-hydrogen) atoms. The van der Waals surface area contributed by atoms with Crippen molar-refractivity contribution in [3.05, 3.63) is 51.6 Å². The topological polar surface area (TPSA) is 35.5 Å². The third-order valence-corrected chi connectivity index (χ3v) is 5.72. The molecule has 0 fully saturated rings. The number of hydrogen-bond donors (Lipinski definition) is 0. The summed E-state index contributed by atoms with van der Waals surface area (Å²) < 4.78 is 10.6. The Morgan fingerprint density at radius 3 is 2.00 bits per heavy atom. The van der Waals surface area contributed by atoms with E-state index in [9.17, 15) is 4.79 Å². The molecule has 0 saturated carbocycles. The Bertz CT molecular complexity index is 954. The fourth-order valence-electron chi connectivity index (χ4n) is 4.02. The van der Waals surface area contributed by atoms with Crippen molar-refractivity contribution in [1.82, 2.24) is 0 Å². The zero-order chi connectivity index (χ0) is 23.0. The maximum atomic E-state index is 12.1. The van der Waals surface area contributed by atoms with Crippen molar-refractivity contribution in [3.8, 4) is 16.9 Å². The monoisotopic (exact) mass is 409 g/mol. The van der Waals surface area contributed by atoms with Crippen molar-refractivity contribution in [2.24, 2.45) is 0 Å². The van der Waals surface area contributed by atoms with Gasteiger partial charge in [-0.2, -0.15) is 0 Å². The SMILES string of the molecule is CCOC(=O)Oc1ccc(C)c(C)c1-c1[c]c(C(C)(C)C)c(C(C)(C)C)c(C)c1C. The summed E-state index contributed by atoms with van der Waals surface area (Å²) in [5.41, 5.74) is 9.03. The molecule has 3 heteroatoms. The average Bonchev–Trinajstić information content (AvgIpc) is 2.59. The highest BCUT2D eigenvalue weighted by Crippen LogP contribution is 2.44. The molecule has 0 amide bonds. The van der Waals surface area contributed by atoms with Crippen LogP contribution in [0.5, 0.6) is 5.75 Å². The fourth-order valence-corrected chi connectivity index (χ4v) is 4.02. The van der Waals surface area contributed by atoms with Crippen molar-refractivity contribution < 1.29 is 14.3 Å². The van der Waals surface area contributed by atoms with Crippen LogP contribution in [-0.4, -0.2) is 12.8 Å². The first-order valence-corrected chi connectivity index (χ1v) is 10.7. The smallest absolute Gasteiger partial charge is 0.434 e. The molecule has 2 aromatic rings.